The van der Waals surface area contributed by atoms with Crippen LogP contribution in [0.4, 0.5) is 0 Å². The number of amides is 2. The highest BCUT2D eigenvalue weighted by Crippen LogP contribution is 2.32. The monoisotopic (exact) mass is 494 g/mol. The zero-order chi connectivity index (χ0) is 25.4. The van der Waals surface area contributed by atoms with E-state index < -0.39 is 11.8 Å². The van der Waals surface area contributed by atoms with Gasteiger partial charge in [0.05, 0.1) is 7.11 Å². The fourth-order valence-corrected chi connectivity index (χ4v) is 3.73. The van der Waals surface area contributed by atoms with E-state index in [2.05, 4.69) is 0 Å². The molecule has 0 aromatic heterocycles. The molecule has 2 aromatic rings. The van der Waals surface area contributed by atoms with Gasteiger partial charge in [0.15, 0.2) is 11.5 Å². The molecule has 182 valence electrons. The van der Waals surface area contributed by atoms with Gasteiger partial charge in [0, 0.05) is 30.4 Å². The van der Waals surface area contributed by atoms with Crippen molar-refractivity contribution in [2.75, 3.05) is 26.9 Å². The summed E-state index contributed by atoms with van der Waals surface area (Å²) in [6, 6.07) is 14.6. The van der Waals surface area contributed by atoms with Crippen LogP contribution in [0, 0.1) is 11.3 Å². The van der Waals surface area contributed by atoms with Crippen molar-refractivity contribution < 1.29 is 23.8 Å². The lowest BCUT2D eigenvalue weighted by Gasteiger charge is -2.27. The first kappa shape index (κ1) is 26.0. The predicted molar refractivity (Wildman–Crippen MR) is 133 cm³/mol. The predicted octanol–water partition coefficient (Wildman–Crippen LogP) is 4.95. The van der Waals surface area contributed by atoms with Gasteiger partial charge in [-0.1, -0.05) is 29.8 Å². The number of carbonyl (C=O) groups excluding carboxylic acids is 2. The molecule has 2 aromatic carbocycles. The summed E-state index contributed by atoms with van der Waals surface area (Å²) in [5, 5.41) is 10.2. The van der Waals surface area contributed by atoms with Gasteiger partial charge in [-0.2, -0.15) is 5.26 Å². The van der Waals surface area contributed by atoms with Gasteiger partial charge in [-0.15, -0.1) is 0 Å². The molecule has 3 rings (SSSR count). The molecule has 2 amide bonds. The Balaban J connectivity index is 1.85. The molecule has 0 atom stereocenters. The Bertz CT molecular complexity index is 1200. The summed E-state index contributed by atoms with van der Waals surface area (Å²) in [5.41, 5.74) is 2.22. The van der Waals surface area contributed by atoms with Crippen molar-refractivity contribution in [1.29, 1.82) is 5.26 Å². The van der Waals surface area contributed by atoms with Crippen LogP contribution < -0.4 is 9.47 Å². The lowest BCUT2D eigenvalue weighted by atomic mass is 9.93. The molecule has 8 heteroatoms. The Morgan fingerprint density at radius 3 is 2.49 bits per heavy atom. The van der Waals surface area contributed by atoms with Crippen LogP contribution in [-0.4, -0.2) is 43.6 Å². The fourth-order valence-electron chi connectivity index (χ4n) is 3.60. The molecule has 0 radical (unpaired) electrons. The number of ether oxygens (including phenoxy) is 3. The number of nitrogens with zero attached hydrogens (tertiary/aromatic N) is 2. The summed E-state index contributed by atoms with van der Waals surface area (Å²) >= 11 is 5.93. The number of nitriles is 1. The molecule has 0 saturated carbocycles. The van der Waals surface area contributed by atoms with Gasteiger partial charge in [-0.25, -0.2) is 0 Å². The number of methoxy groups -OCH3 is 1. The number of carbonyl (C=O) groups is 2. The Morgan fingerprint density at radius 1 is 1.09 bits per heavy atom. The third-order valence-electron chi connectivity index (χ3n) is 5.51. The Labute approximate surface area is 210 Å². The lowest BCUT2D eigenvalue weighted by molar-refractivity contribution is -0.140. The summed E-state index contributed by atoms with van der Waals surface area (Å²) in [5.74, 6) is 0.0119. The highest BCUT2D eigenvalue weighted by atomic mass is 35.5. The smallest absolute Gasteiger partial charge is 0.271 e. The summed E-state index contributed by atoms with van der Waals surface area (Å²) in [7, 11) is 1.53. The van der Waals surface area contributed by atoms with Crippen LogP contribution in [0.15, 0.2) is 59.2 Å². The first-order chi connectivity index (χ1) is 16.9. The number of hydrogen-bond donors (Lipinski definition) is 0. The second-order valence-corrected chi connectivity index (χ2v) is 8.24. The summed E-state index contributed by atoms with van der Waals surface area (Å²) in [6.07, 6.45) is 2.15. The van der Waals surface area contributed by atoms with E-state index in [0.29, 0.717) is 53.9 Å². The van der Waals surface area contributed by atoms with Gasteiger partial charge in [0.2, 0.25) is 0 Å². The van der Waals surface area contributed by atoms with Gasteiger partial charge in [0.25, 0.3) is 11.8 Å². The van der Waals surface area contributed by atoms with E-state index in [-0.39, 0.29) is 17.7 Å². The van der Waals surface area contributed by atoms with E-state index >= 15 is 0 Å². The maximum absolute atomic E-state index is 13.2. The summed E-state index contributed by atoms with van der Waals surface area (Å²) in [6.45, 7) is 4.97. The van der Waals surface area contributed by atoms with Crippen LogP contribution in [0.3, 0.4) is 0 Å². The van der Waals surface area contributed by atoms with Crippen LogP contribution >= 0.6 is 11.6 Å². The molecular weight excluding hydrogens is 468 g/mol. The normalized spacial score (nSPS) is 14.9. The van der Waals surface area contributed by atoms with E-state index in [1.54, 1.807) is 43.3 Å². The van der Waals surface area contributed by atoms with Crippen LogP contribution in [-0.2, 0) is 20.9 Å². The molecule has 1 aliphatic rings. The standard InChI is InChI=1S/C27H27ClN2O5/c1-4-34-13-5-12-30-26(31)22(18(2)23(16-29)27(30)32)14-20-8-11-24(25(15-20)33-3)35-17-19-6-9-21(28)10-7-19/h6-11,14-15H,4-5,12-13,17H2,1-3H3/b22-14+. The van der Waals surface area contributed by atoms with E-state index in [4.69, 9.17) is 25.8 Å². The van der Waals surface area contributed by atoms with Crippen molar-refractivity contribution in [2.24, 2.45) is 0 Å². The molecule has 0 spiro atoms. The average Bonchev–Trinajstić information content (AvgIpc) is 2.86. The minimum atomic E-state index is -0.577. The number of hydrogen-bond acceptors (Lipinski definition) is 6. The molecule has 0 N–H and O–H groups in total. The SMILES string of the molecule is CCOCCCN1C(=O)C(C#N)=C(C)/C(=C\c2ccc(OCc3ccc(Cl)cc3)c(OC)c2)C1=O. The Kier molecular flexibility index (Phi) is 9.07. The Hall–Kier alpha value is -3.60. The first-order valence-electron chi connectivity index (χ1n) is 11.2. The van der Waals surface area contributed by atoms with Crippen molar-refractivity contribution >= 4 is 29.5 Å². The molecular formula is C27H27ClN2O5. The molecule has 0 fully saturated rings. The van der Waals surface area contributed by atoms with Crippen molar-refractivity contribution in [3.63, 3.8) is 0 Å². The molecule has 35 heavy (non-hydrogen) atoms. The quantitative estimate of drug-likeness (QED) is 0.264. The fraction of sp³-hybridized carbons (Fsp3) is 0.296. The van der Waals surface area contributed by atoms with Gasteiger partial charge < -0.3 is 14.2 Å². The number of halogens is 1. The topological polar surface area (TPSA) is 88.9 Å². The van der Waals surface area contributed by atoms with Crippen molar-refractivity contribution in [2.45, 2.75) is 26.9 Å². The minimum Gasteiger partial charge on any atom is -0.493 e. The molecule has 0 unspecified atom stereocenters. The van der Waals surface area contributed by atoms with Gasteiger partial charge in [-0.3, -0.25) is 14.5 Å². The van der Waals surface area contributed by atoms with Gasteiger partial charge >= 0.3 is 0 Å². The van der Waals surface area contributed by atoms with E-state index in [1.807, 2.05) is 25.1 Å². The van der Waals surface area contributed by atoms with Crippen molar-refractivity contribution in [3.8, 4) is 17.6 Å². The van der Waals surface area contributed by atoms with E-state index in [1.165, 1.54) is 7.11 Å². The molecule has 7 nitrogen and oxygen atoms in total. The second kappa shape index (κ2) is 12.2. The number of rotatable bonds is 10. The van der Waals surface area contributed by atoms with Crippen LogP contribution in [0.1, 0.15) is 31.4 Å². The lowest BCUT2D eigenvalue weighted by Crippen LogP contribution is -2.43. The van der Waals surface area contributed by atoms with E-state index in [9.17, 15) is 14.9 Å². The largest absolute Gasteiger partial charge is 0.493 e. The molecule has 0 bridgehead atoms. The third kappa shape index (κ3) is 6.30. The maximum atomic E-state index is 13.2. The average molecular weight is 495 g/mol. The zero-order valence-electron chi connectivity index (χ0n) is 20.0. The second-order valence-electron chi connectivity index (χ2n) is 7.81. The number of benzene rings is 2. The molecule has 0 aliphatic carbocycles. The zero-order valence-corrected chi connectivity index (χ0v) is 20.7. The van der Waals surface area contributed by atoms with Crippen LogP contribution in [0.25, 0.3) is 6.08 Å². The molecule has 1 aliphatic heterocycles. The van der Waals surface area contributed by atoms with Gasteiger partial charge in [-0.05, 0) is 67.3 Å². The van der Waals surface area contributed by atoms with Crippen LogP contribution in [0.5, 0.6) is 11.5 Å². The third-order valence-corrected chi connectivity index (χ3v) is 5.76. The highest BCUT2D eigenvalue weighted by molar-refractivity contribution is 6.30. The Morgan fingerprint density at radius 2 is 1.83 bits per heavy atom. The van der Waals surface area contributed by atoms with E-state index in [0.717, 1.165) is 10.5 Å². The minimum absolute atomic E-state index is 0.0397. The summed E-state index contributed by atoms with van der Waals surface area (Å²) < 4.78 is 16.7. The highest BCUT2D eigenvalue weighted by Gasteiger charge is 2.35. The van der Waals surface area contributed by atoms with Gasteiger partial charge in [0.1, 0.15) is 18.2 Å². The van der Waals surface area contributed by atoms with Crippen LogP contribution in [0.2, 0.25) is 5.02 Å². The van der Waals surface area contributed by atoms with Crippen molar-refractivity contribution in [3.05, 3.63) is 75.3 Å². The number of imide groups is 1. The molecule has 1 heterocycles. The van der Waals surface area contributed by atoms with Crippen molar-refractivity contribution in [1.82, 2.24) is 4.90 Å². The summed E-state index contributed by atoms with van der Waals surface area (Å²) in [4.78, 5) is 27.0. The molecule has 0 saturated heterocycles. The first-order valence-corrected chi connectivity index (χ1v) is 11.6. The maximum Gasteiger partial charge on any atom is 0.271 e.